The molecule has 1 fully saturated rings. The quantitative estimate of drug-likeness (QED) is 0.888. The maximum Gasteiger partial charge on any atom is 0.242 e. The normalized spacial score (nSPS) is 19.3. The van der Waals surface area contributed by atoms with Crippen LogP contribution in [0.1, 0.15) is 12.1 Å². The highest BCUT2D eigenvalue weighted by Crippen LogP contribution is 2.20. The summed E-state index contributed by atoms with van der Waals surface area (Å²) in [7, 11) is 0. The highest BCUT2D eigenvalue weighted by atomic mass is 16.3. The Morgan fingerprint density at radius 2 is 2.21 bits per heavy atom. The van der Waals surface area contributed by atoms with Crippen molar-refractivity contribution in [1.29, 1.82) is 0 Å². The van der Waals surface area contributed by atoms with E-state index < -0.39 is 0 Å². The first kappa shape index (κ1) is 12.2. The maximum atomic E-state index is 12.2. The van der Waals surface area contributed by atoms with Crippen LogP contribution >= 0.6 is 0 Å². The van der Waals surface area contributed by atoms with Crippen molar-refractivity contribution in [2.45, 2.75) is 26.0 Å². The molecule has 100 valence electrons. The molecule has 2 heterocycles. The maximum absolute atomic E-state index is 12.2. The largest absolute Gasteiger partial charge is 0.391 e. The third-order valence-electron chi connectivity index (χ3n) is 3.83. The van der Waals surface area contributed by atoms with Gasteiger partial charge in [-0.1, -0.05) is 18.2 Å². The minimum atomic E-state index is -0.355. The van der Waals surface area contributed by atoms with Gasteiger partial charge >= 0.3 is 0 Å². The molecule has 1 aromatic heterocycles. The van der Waals surface area contributed by atoms with Gasteiger partial charge in [0.1, 0.15) is 6.54 Å². The lowest BCUT2D eigenvalue weighted by atomic mass is 10.2. The number of carbonyl (C=O) groups is 1. The molecule has 1 aliphatic heterocycles. The third-order valence-corrected chi connectivity index (χ3v) is 3.83. The Morgan fingerprint density at radius 1 is 1.42 bits per heavy atom. The zero-order chi connectivity index (χ0) is 13.4. The lowest BCUT2D eigenvalue weighted by Crippen LogP contribution is -2.32. The van der Waals surface area contributed by atoms with Crippen LogP contribution in [0.5, 0.6) is 0 Å². The van der Waals surface area contributed by atoms with E-state index in [-0.39, 0.29) is 12.0 Å². The molecule has 1 aliphatic rings. The van der Waals surface area contributed by atoms with Gasteiger partial charge in [-0.3, -0.25) is 4.79 Å². The van der Waals surface area contributed by atoms with Gasteiger partial charge in [0.05, 0.1) is 6.10 Å². The van der Waals surface area contributed by atoms with Crippen molar-refractivity contribution in [3.63, 3.8) is 0 Å². The second kappa shape index (κ2) is 4.70. The molecule has 0 aliphatic carbocycles. The van der Waals surface area contributed by atoms with E-state index in [1.807, 2.05) is 29.7 Å². The number of amides is 1. The fourth-order valence-corrected chi connectivity index (χ4v) is 2.76. The van der Waals surface area contributed by atoms with Gasteiger partial charge in [0, 0.05) is 24.3 Å². The first-order valence-electron chi connectivity index (χ1n) is 6.66. The number of β-amino-alcohol motifs (C(OH)–C–C–N with tert-alkyl or cyclic N) is 1. The monoisotopic (exact) mass is 258 g/mol. The molecule has 4 nitrogen and oxygen atoms in total. The fraction of sp³-hybridized carbons (Fsp3) is 0.400. The van der Waals surface area contributed by atoms with Crippen molar-refractivity contribution in [2.24, 2.45) is 0 Å². The highest BCUT2D eigenvalue weighted by Gasteiger charge is 2.24. The van der Waals surface area contributed by atoms with Crippen molar-refractivity contribution >= 4 is 16.8 Å². The number of aromatic nitrogens is 1. The summed E-state index contributed by atoms with van der Waals surface area (Å²) in [6.45, 7) is 3.51. The second-order valence-electron chi connectivity index (χ2n) is 5.21. The molecule has 0 unspecified atom stereocenters. The average molecular weight is 258 g/mol. The molecule has 1 amide bonds. The topological polar surface area (TPSA) is 45.5 Å². The van der Waals surface area contributed by atoms with E-state index in [9.17, 15) is 9.90 Å². The van der Waals surface area contributed by atoms with Crippen LogP contribution in [-0.4, -0.2) is 39.7 Å². The smallest absolute Gasteiger partial charge is 0.242 e. The van der Waals surface area contributed by atoms with E-state index in [0.717, 1.165) is 16.6 Å². The second-order valence-corrected chi connectivity index (χ2v) is 5.21. The summed E-state index contributed by atoms with van der Waals surface area (Å²) in [6, 6.07) is 10.2. The van der Waals surface area contributed by atoms with Crippen molar-refractivity contribution in [3.05, 3.63) is 36.0 Å². The van der Waals surface area contributed by atoms with Crippen molar-refractivity contribution in [3.8, 4) is 0 Å². The molecule has 0 bridgehead atoms. The average Bonchev–Trinajstić information content (AvgIpc) is 2.95. The van der Waals surface area contributed by atoms with E-state index in [4.69, 9.17) is 0 Å². The number of para-hydroxylation sites is 1. The molecule has 1 saturated heterocycles. The summed E-state index contributed by atoms with van der Waals surface area (Å²) in [5, 5.41) is 10.7. The van der Waals surface area contributed by atoms with E-state index in [2.05, 4.69) is 12.1 Å². The number of fused-ring (bicyclic) bond motifs is 1. The summed E-state index contributed by atoms with van der Waals surface area (Å²) in [6.07, 6.45) is 0.336. The van der Waals surface area contributed by atoms with Crippen molar-refractivity contribution in [1.82, 2.24) is 9.47 Å². The van der Waals surface area contributed by atoms with Crippen LogP contribution in [0.15, 0.2) is 30.3 Å². The van der Waals surface area contributed by atoms with Crippen LogP contribution < -0.4 is 0 Å². The van der Waals surface area contributed by atoms with E-state index in [1.165, 1.54) is 0 Å². The van der Waals surface area contributed by atoms with E-state index >= 15 is 0 Å². The van der Waals surface area contributed by atoms with Crippen molar-refractivity contribution in [2.75, 3.05) is 13.1 Å². The summed E-state index contributed by atoms with van der Waals surface area (Å²) in [5.41, 5.74) is 2.18. The van der Waals surface area contributed by atoms with E-state index in [1.54, 1.807) is 4.90 Å². The first-order valence-corrected chi connectivity index (χ1v) is 6.66. The Labute approximate surface area is 112 Å². The van der Waals surface area contributed by atoms with Gasteiger partial charge in [-0.25, -0.2) is 0 Å². The van der Waals surface area contributed by atoms with Crippen LogP contribution in [-0.2, 0) is 11.3 Å². The Balaban J connectivity index is 1.85. The zero-order valence-electron chi connectivity index (χ0n) is 11.0. The number of likely N-dealkylation sites (tertiary alicyclic amines) is 1. The zero-order valence-corrected chi connectivity index (χ0v) is 11.0. The molecule has 2 aromatic rings. The Kier molecular flexibility index (Phi) is 3.03. The highest BCUT2D eigenvalue weighted by molar-refractivity contribution is 5.84. The van der Waals surface area contributed by atoms with Gasteiger partial charge in [-0.2, -0.15) is 0 Å². The van der Waals surface area contributed by atoms with Crippen molar-refractivity contribution < 1.29 is 9.90 Å². The van der Waals surface area contributed by atoms with Gasteiger partial charge in [-0.05, 0) is 30.9 Å². The number of benzene rings is 1. The molecule has 1 atom stereocenters. The molecule has 0 spiro atoms. The van der Waals surface area contributed by atoms with Gasteiger partial charge in [0.15, 0.2) is 0 Å². The van der Waals surface area contributed by atoms with Crippen LogP contribution in [0.25, 0.3) is 10.9 Å². The Morgan fingerprint density at radius 3 is 2.95 bits per heavy atom. The first-order chi connectivity index (χ1) is 9.15. The number of carbonyl (C=O) groups excluding carboxylic acids is 1. The molecule has 3 rings (SSSR count). The SMILES string of the molecule is Cc1cc2ccccc2n1CC(=O)N1CC[C@H](O)C1. The third kappa shape index (κ3) is 2.24. The predicted molar refractivity (Wildman–Crippen MR) is 73.9 cm³/mol. The summed E-state index contributed by atoms with van der Waals surface area (Å²) >= 11 is 0. The fourth-order valence-electron chi connectivity index (χ4n) is 2.76. The van der Waals surface area contributed by atoms with Crippen LogP contribution in [0.2, 0.25) is 0 Å². The molecule has 0 saturated carbocycles. The summed E-state index contributed by atoms with van der Waals surface area (Å²) < 4.78 is 2.04. The van der Waals surface area contributed by atoms with Gasteiger partial charge in [0.2, 0.25) is 5.91 Å². The lowest BCUT2D eigenvalue weighted by molar-refractivity contribution is -0.131. The summed E-state index contributed by atoms with van der Waals surface area (Å²) in [5.74, 6) is 0.0843. The minimum Gasteiger partial charge on any atom is -0.391 e. The molecule has 19 heavy (non-hydrogen) atoms. The number of hydrogen-bond donors (Lipinski definition) is 1. The number of aryl methyl sites for hydroxylation is 1. The Bertz CT molecular complexity index is 618. The van der Waals surface area contributed by atoms with Gasteiger partial charge in [0.25, 0.3) is 0 Å². The molecular formula is C15H18N2O2. The van der Waals surface area contributed by atoms with Crippen LogP contribution in [0.3, 0.4) is 0 Å². The molecule has 1 aromatic carbocycles. The number of aliphatic hydroxyl groups is 1. The molecule has 4 heteroatoms. The lowest BCUT2D eigenvalue weighted by Gasteiger charge is -2.17. The summed E-state index contributed by atoms with van der Waals surface area (Å²) in [4.78, 5) is 14.0. The molecule has 1 N–H and O–H groups in total. The predicted octanol–water partition coefficient (Wildman–Crippen LogP) is 1.54. The number of rotatable bonds is 2. The van der Waals surface area contributed by atoms with Crippen LogP contribution in [0, 0.1) is 6.92 Å². The molecular weight excluding hydrogens is 240 g/mol. The molecule has 0 radical (unpaired) electrons. The number of aliphatic hydroxyl groups excluding tert-OH is 1. The van der Waals surface area contributed by atoms with Gasteiger partial charge < -0.3 is 14.6 Å². The van der Waals surface area contributed by atoms with Crippen LogP contribution in [0.4, 0.5) is 0 Å². The number of nitrogens with zero attached hydrogens (tertiary/aromatic N) is 2. The minimum absolute atomic E-state index is 0.0843. The standard InChI is InChI=1S/C15H18N2O2/c1-11-8-12-4-2-3-5-14(12)17(11)10-15(19)16-7-6-13(18)9-16/h2-5,8,13,18H,6-7,9-10H2,1H3/t13-/m0/s1. The number of hydrogen-bond acceptors (Lipinski definition) is 2. The van der Waals surface area contributed by atoms with E-state index in [0.29, 0.717) is 26.1 Å². The van der Waals surface area contributed by atoms with Gasteiger partial charge in [-0.15, -0.1) is 0 Å². The Hall–Kier alpha value is -1.81.